The normalized spacial score (nSPS) is 26.1. The van der Waals surface area contributed by atoms with Crippen molar-refractivity contribution in [3.8, 4) is 0 Å². The van der Waals surface area contributed by atoms with E-state index in [1.807, 2.05) is 23.1 Å². The van der Waals surface area contributed by atoms with Crippen molar-refractivity contribution in [1.82, 2.24) is 5.32 Å². The molecular weight excluding hydrogens is 240 g/mol. The zero-order chi connectivity index (χ0) is 13.2. The number of ether oxygens (including phenoxy) is 1. The van der Waals surface area contributed by atoms with Crippen molar-refractivity contribution < 1.29 is 9.53 Å². The molecule has 0 aliphatic carbocycles. The van der Waals surface area contributed by atoms with Crippen LogP contribution in [-0.4, -0.2) is 31.8 Å². The van der Waals surface area contributed by atoms with Crippen LogP contribution in [0.3, 0.4) is 0 Å². The molecule has 1 aromatic rings. The summed E-state index contributed by atoms with van der Waals surface area (Å²) >= 11 is 0. The van der Waals surface area contributed by atoms with Crippen LogP contribution in [0.4, 0.5) is 10.5 Å². The molecule has 2 aliphatic heterocycles. The SMILES string of the molecule is CC1Cc2ccccc2N(C(=O)NC2CCOC2)C1. The number of carbonyl (C=O) groups excluding carboxylic acids is 1. The predicted molar refractivity (Wildman–Crippen MR) is 74.4 cm³/mol. The molecule has 0 spiro atoms. The van der Waals surface area contributed by atoms with E-state index in [-0.39, 0.29) is 12.1 Å². The highest BCUT2D eigenvalue weighted by Crippen LogP contribution is 2.29. The summed E-state index contributed by atoms with van der Waals surface area (Å²) in [6, 6.07) is 8.35. The second kappa shape index (κ2) is 5.21. The molecule has 4 heteroatoms. The lowest BCUT2D eigenvalue weighted by molar-refractivity contribution is 0.189. The highest BCUT2D eigenvalue weighted by atomic mass is 16.5. The number of nitrogens with one attached hydrogen (secondary N) is 1. The van der Waals surface area contributed by atoms with E-state index < -0.39 is 0 Å². The van der Waals surface area contributed by atoms with E-state index in [0.29, 0.717) is 12.5 Å². The van der Waals surface area contributed by atoms with Crippen LogP contribution < -0.4 is 10.2 Å². The molecule has 2 aliphatic rings. The molecule has 2 amide bonds. The number of urea groups is 1. The first kappa shape index (κ1) is 12.5. The van der Waals surface area contributed by atoms with E-state index in [9.17, 15) is 4.79 Å². The molecule has 3 rings (SSSR count). The summed E-state index contributed by atoms with van der Waals surface area (Å²) in [4.78, 5) is 14.3. The fourth-order valence-corrected chi connectivity index (χ4v) is 2.89. The Morgan fingerprint density at radius 2 is 2.26 bits per heavy atom. The molecule has 1 N–H and O–H groups in total. The number of rotatable bonds is 1. The lowest BCUT2D eigenvalue weighted by Gasteiger charge is -2.33. The molecule has 2 unspecified atom stereocenters. The van der Waals surface area contributed by atoms with Gasteiger partial charge in [0, 0.05) is 18.8 Å². The smallest absolute Gasteiger partial charge is 0.322 e. The second-order valence-electron chi connectivity index (χ2n) is 5.56. The Morgan fingerprint density at radius 3 is 3.05 bits per heavy atom. The summed E-state index contributed by atoms with van der Waals surface area (Å²) in [6.45, 7) is 4.36. The number of fused-ring (bicyclic) bond motifs is 1. The minimum atomic E-state index is 0.00880. The number of carbonyl (C=O) groups is 1. The van der Waals surface area contributed by atoms with Gasteiger partial charge >= 0.3 is 6.03 Å². The summed E-state index contributed by atoms with van der Waals surface area (Å²) in [7, 11) is 0. The average Bonchev–Trinajstić information content (AvgIpc) is 2.90. The summed E-state index contributed by atoms with van der Waals surface area (Å²) in [5, 5.41) is 3.07. The Labute approximate surface area is 113 Å². The van der Waals surface area contributed by atoms with Crippen LogP contribution in [-0.2, 0) is 11.2 Å². The Hall–Kier alpha value is -1.55. The van der Waals surface area contributed by atoms with Gasteiger partial charge in [-0.2, -0.15) is 0 Å². The summed E-state index contributed by atoms with van der Waals surface area (Å²) in [5.41, 5.74) is 2.32. The number of hydrogen-bond donors (Lipinski definition) is 1. The van der Waals surface area contributed by atoms with Crippen LogP contribution in [0.25, 0.3) is 0 Å². The van der Waals surface area contributed by atoms with Crippen LogP contribution in [0.15, 0.2) is 24.3 Å². The fraction of sp³-hybridized carbons (Fsp3) is 0.533. The molecular formula is C15H20N2O2. The van der Waals surface area contributed by atoms with E-state index in [2.05, 4.69) is 18.3 Å². The minimum absolute atomic E-state index is 0.00880. The maximum absolute atomic E-state index is 12.4. The van der Waals surface area contributed by atoms with Gasteiger partial charge in [-0.1, -0.05) is 25.1 Å². The summed E-state index contributed by atoms with van der Waals surface area (Å²) < 4.78 is 5.30. The molecule has 19 heavy (non-hydrogen) atoms. The molecule has 0 bridgehead atoms. The third kappa shape index (κ3) is 2.59. The molecule has 1 saturated heterocycles. The fourth-order valence-electron chi connectivity index (χ4n) is 2.89. The van der Waals surface area contributed by atoms with Crippen LogP contribution in [0.1, 0.15) is 18.9 Å². The molecule has 1 aromatic carbocycles. The maximum atomic E-state index is 12.4. The molecule has 4 nitrogen and oxygen atoms in total. The summed E-state index contributed by atoms with van der Waals surface area (Å²) in [6.07, 6.45) is 1.96. The zero-order valence-corrected chi connectivity index (χ0v) is 11.3. The minimum Gasteiger partial charge on any atom is -0.379 e. The van der Waals surface area contributed by atoms with E-state index in [0.717, 1.165) is 31.7 Å². The second-order valence-corrected chi connectivity index (χ2v) is 5.56. The molecule has 0 saturated carbocycles. The molecule has 0 radical (unpaired) electrons. The van der Waals surface area contributed by atoms with Crippen LogP contribution in [0.5, 0.6) is 0 Å². The maximum Gasteiger partial charge on any atom is 0.322 e. The third-order valence-electron chi connectivity index (χ3n) is 3.85. The van der Waals surface area contributed by atoms with Crippen LogP contribution in [0, 0.1) is 5.92 Å². The Balaban J connectivity index is 1.78. The largest absolute Gasteiger partial charge is 0.379 e. The van der Waals surface area contributed by atoms with Gasteiger partial charge in [0.05, 0.1) is 12.6 Å². The Bertz CT molecular complexity index is 469. The van der Waals surface area contributed by atoms with Crippen molar-refractivity contribution in [2.45, 2.75) is 25.8 Å². The van der Waals surface area contributed by atoms with Crippen molar-refractivity contribution in [3.05, 3.63) is 29.8 Å². The standard InChI is InChI=1S/C15H20N2O2/c1-11-8-12-4-2-3-5-14(12)17(9-11)15(18)16-13-6-7-19-10-13/h2-5,11,13H,6-10H2,1H3,(H,16,18). The molecule has 102 valence electrons. The van der Waals surface area contributed by atoms with Gasteiger partial charge in [-0.3, -0.25) is 4.90 Å². The Kier molecular flexibility index (Phi) is 3.42. The van der Waals surface area contributed by atoms with Gasteiger partial charge < -0.3 is 10.1 Å². The first-order chi connectivity index (χ1) is 9.24. The van der Waals surface area contributed by atoms with Crippen molar-refractivity contribution in [1.29, 1.82) is 0 Å². The first-order valence-corrected chi connectivity index (χ1v) is 6.97. The van der Waals surface area contributed by atoms with Gasteiger partial charge in [0.1, 0.15) is 0 Å². The van der Waals surface area contributed by atoms with Gasteiger partial charge in [0.2, 0.25) is 0 Å². The van der Waals surface area contributed by atoms with Crippen molar-refractivity contribution >= 4 is 11.7 Å². The quantitative estimate of drug-likeness (QED) is 0.841. The topological polar surface area (TPSA) is 41.6 Å². The Morgan fingerprint density at radius 1 is 1.42 bits per heavy atom. The number of anilines is 1. The summed E-state index contributed by atoms with van der Waals surface area (Å²) in [5.74, 6) is 0.500. The van der Waals surface area contributed by atoms with E-state index >= 15 is 0 Å². The first-order valence-electron chi connectivity index (χ1n) is 6.97. The molecule has 0 aromatic heterocycles. The third-order valence-corrected chi connectivity index (χ3v) is 3.85. The number of para-hydroxylation sites is 1. The molecule has 1 fully saturated rings. The van der Waals surface area contributed by atoms with E-state index in [1.54, 1.807) is 0 Å². The number of amides is 2. The van der Waals surface area contributed by atoms with Gasteiger partial charge in [-0.05, 0) is 30.4 Å². The highest BCUT2D eigenvalue weighted by molar-refractivity contribution is 5.93. The number of benzene rings is 1. The van der Waals surface area contributed by atoms with Crippen molar-refractivity contribution in [2.24, 2.45) is 5.92 Å². The monoisotopic (exact) mass is 260 g/mol. The van der Waals surface area contributed by atoms with Crippen molar-refractivity contribution in [2.75, 3.05) is 24.7 Å². The molecule has 2 heterocycles. The average molecular weight is 260 g/mol. The number of hydrogen-bond acceptors (Lipinski definition) is 2. The van der Waals surface area contributed by atoms with Gasteiger partial charge in [0.15, 0.2) is 0 Å². The molecule has 2 atom stereocenters. The van der Waals surface area contributed by atoms with Gasteiger partial charge in [-0.15, -0.1) is 0 Å². The van der Waals surface area contributed by atoms with Gasteiger partial charge in [0.25, 0.3) is 0 Å². The lowest BCUT2D eigenvalue weighted by Crippen LogP contribution is -2.48. The highest BCUT2D eigenvalue weighted by Gasteiger charge is 2.28. The van der Waals surface area contributed by atoms with Gasteiger partial charge in [-0.25, -0.2) is 4.79 Å². The predicted octanol–water partition coefficient (Wildman–Crippen LogP) is 2.18. The van der Waals surface area contributed by atoms with E-state index in [4.69, 9.17) is 4.74 Å². The zero-order valence-electron chi connectivity index (χ0n) is 11.3. The van der Waals surface area contributed by atoms with Crippen LogP contribution in [0.2, 0.25) is 0 Å². The van der Waals surface area contributed by atoms with Crippen molar-refractivity contribution in [3.63, 3.8) is 0 Å². The number of nitrogens with zero attached hydrogens (tertiary/aromatic N) is 1. The van der Waals surface area contributed by atoms with E-state index in [1.165, 1.54) is 5.56 Å². The lowest BCUT2D eigenvalue weighted by atomic mass is 9.94. The van der Waals surface area contributed by atoms with Crippen LogP contribution >= 0.6 is 0 Å².